The first kappa shape index (κ1) is 10.1. The van der Waals surface area contributed by atoms with Gasteiger partial charge in [-0.05, 0) is 43.9 Å². The zero-order chi connectivity index (χ0) is 10.3. The van der Waals surface area contributed by atoms with Crippen molar-refractivity contribution in [3.05, 3.63) is 0 Å². The van der Waals surface area contributed by atoms with Crippen LogP contribution >= 0.6 is 0 Å². The van der Waals surface area contributed by atoms with E-state index in [0.29, 0.717) is 0 Å². The van der Waals surface area contributed by atoms with Crippen molar-refractivity contribution in [2.24, 2.45) is 17.8 Å². The first-order valence-electron chi connectivity index (χ1n) is 7.07. The van der Waals surface area contributed by atoms with Crippen LogP contribution in [0.5, 0.6) is 0 Å². The third-order valence-corrected chi connectivity index (χ3v) is 5.18. The first-order valence-corrected chi connectivity index (χ1v) is 7.07. The van der Waals surface area contributed by atoms with Crippen LogP contribution in [-0.2, 0) is 0 Å². The first-order chi connectivity index (χ1) is 7.33. The fraction of sp³-hybridized carbons (Fsp3) is 1.00. The number of rotatable bonds is 3. The van der Waals surface area contributed by atoms with Crippen molar-refractivity contribution in [1.82, 2.24) is 4.90 Å². The Balaban J connectivity index is 1.50. The van der Waals surface area contributed by atoms with Gasteiger partial charge in [-0.1, -0.05) is 25.7 Å². The molecule has 1 nitrogen and oxygen atoms in total. The quantitative estimate of drug-likeness (QED) is 0.642. The van der Waals surface area contributed by atoms with Gasteiger partial charge in [0.15, 0.2) is 0 Å². The van der Waals surface area contributed by atoms with Gasteiger partial charge in [0, 0.05) is 19.1 Å². The minimum atomic E-state index is 0.882. The Morgan fingerprint density at radius 3 is 2.67 bits per heavy atom. The molecule has 3 fully saturated rings. The molecule has 1 heterocycles. The topological polar surface area (TPSA) is 3.01 Å². The monoisotopic (exact) mass is 207 g/mol. The normalized spacial score (nSPS) is 42.6. The van der Waals surface area contributed by atoms with Gasteiger partial charge < -0.3 is 0 Å². The molecule has 15 heavy (non-hydrogen) atoms. The second kappa shape index (κ2) is 4.08. The van der Waals surface area contributed by atoms with Crippen LogP contribution in [0, 0.1) is 17.8 Å². The Kier molecular flexibility index (Phi) is 2.76. The molecule has 4 atom stereocenters. The molecule has 0 aromatic heterocycles. The van der Waals surface area contributed by atoms with Gasteiger partial charge in [-0.2, -0.15) is 0 Å². The van der Waals surface area contributed by atoms with Gasteiger partial charge in [-0.15, -0.1) is 0 Å². The molecule has 1 aliphatic heterocycles. The maximum Gasteiger partial charge on any atom is 0.0113 e. The van der Waals surface area contributed by atoms with Gasteiger partial charge >= 0.3 is 0 Å². The molecule has 0 aromatic carbocycles. The SMILES string of the molecule is CC(CC1CCC2CCCC2C1)N1CC1. The molecule has 0 aromatic rings. The summed E-state index contributed by atoms with van der Waals surface area (Å²) in [5, 5.41) is 0. The van der Waals surface area contributed by atoms with Gasteiger partial charge in [0.1, 0.15) is 0 Å². The Bertz CT molecular complexity index is 219. The summed E-state index contributed by atoms with van der Waals surface area (Å²) in [7, 11) is 0. The van der Waals surface area contributed by atoms with Gasteiger partial charge in [0.25, 0.3) is 0 Å². The van der Waals surface area contributed by atoms with Crippen LogP contribution in [0.15, 0.2) is 0 Å². The second-order valence-electron chi connectivity index (χ2n) is 6.25. The highest BCUT2D eigenvalue weighted by molar-refractivity contribution is 4.88. The van der Waals surface area contributed by atoms with Crippen molar-refractivity contribution >= 4 is 0 Å². The molecule has 86 valence electrons. The second-order valence-corrected chi connectivity index (χ2v) is 6.25. The molecule has 3 aliphatic rings. The number of nitrogens with zero attached hydrogens (tertiary/aromatic N) is 1. The molecule has 0 radical (unpaired) electrons. The smallest absolute Gasteiger partial charge is 0.0113 e. The molecule has 0 bridgehead atoms. The van der Waals surface area contributed by atoms with Crippen LogP contribution in [-0.4, -0.2) is 24.0 Å². The molecule has 0 N–H and O–H groups in total. The molecule has 2 aliphatic carbocycles. The van der Waals surface area contributed by atoms with E-state index >= 15 is 0 Å². The molecular formula is C14H25N. The predicted octanol–water partition coefficient (Wildman–Crippen LogP) is 3.30. The summed E-state index contributed by atoms with van der Waals surface area (Å²) in [4.78, 5) is 2.63. The van der Waals surface area contributed by atoms with Gasteiger partial charge in [-0.25, -0.2) is 0 Å². The lowest BCUT2D eigenvalue weighted by Gasteiger charge is -2.33. The van der Waals surface area contributed by atoms with Crippen molar-refractivity contribution in [1.29, 1.82) is 0 Å². The van der Waals surface area contributed by atoms with E-state index in [0.717, 1.165) is 23.8 Å². The van der Waals surface area contributed by atoms with Gasteiger partial charge in [-0.3, -0.25) is 4.90 Å². The summed E-state index contributed by atoms with van der Waals surface area (Å²) in [6.45, 7) is 5.19. The average Bonchev–Trinajstić information content (AvgIpc) is 2.98. The zero-order valence-electron chi connectivity index (χ0n) is 10.1. The largest absolute Gasteiger partial charge is 0.298 e. The van der Waals surface area contributed by atoms with Crippen molar-refractivity contribution in [3.63, 3.8) is 0 Å². The van der Waals surface area contributed by atoms with E-state index in [1.54, 1.807) is 32.1 Å². The molecular weight excluding hydrogens is 182 g/mol. The maximum atomic E-state index is 2.63. The van der Waals surface area contributed by atoms with Crippen LogP contribution in [0.3, 0.4) is 0 Å². The summed E-state index contributed by atoms with van der Waals surface area (Å²) in [5.74, 6) is 3.34. The van der Waals surface area contributed by atoms with E-state index in [9.17, 15) is 0 Å². The van der Waals surface area contributed by atoms with E-state index in [1.807, 2.05) is 0 Å². The summed E-state index contributed by atoms with van der Waals surface area (Å²) in [6.07, 6.45) is 10.8. The summed E-state index contributed by atoms with van der Waals surface area (Å²) >= 11 is 0. The number of hydrogen-bond acceptors (Lipinski definition) is 1. The van der Waals surface area contributed by atoms with Crippen molar-refractivity contribution in [2.45, 2.75) is 57.9 Å². The van der Waals surface area contributed by atoms with Crippen LogP contribution < -0.4 is 0 Å². The fourth-order valence-electron chi connectivity index (χ4n) is 4.14. The summed E-state index contributed by atoms with van der Waals surface area (Å²) < 4.78 is 0. The maximum absolute atomic E-state index is 2.63. The molecule has 3 rings (SSSR count). The van der Waals surface area contributed by atoms with E-state index in [4.69, 9.17) is 0 Å². The van der Waals surface area contributed by atoms with Crippen LogP contribution in [0.1, 0.15) is 51.9 Å². The average molecular weight is 207 g/mol. The minimum Gasteiger partial charge on any atom is -0.298 e. The van der Waals surface area contributed by atoms with E-state index < -0.39 is 0 Å². The van der Waals surface area contributed by atoms with Crippen LogP contribution in [0.2, 0.25) is 0 Å². The minimum absolute atomic E-state index is 0.882. The third kappa shape index (κ3) is 2.22. The lowest BCUT2D eigenvalue weighted by Crippen LogP contribution is -2.25. The Labute approximate surface area is 94.2 Å². The van der Waals surface area contributed by atoms with Crippen LogP contribution in [0.25, 0.3) is 0 Å². The molecule has 1 heteroatoms. The number of fused-ring (bicyclic) bond motifs is 1. The summed E-state index contributed by atoms with van der Waals surface area (Å²) in [6, 6.07) is 0.882. The van der Waals surface area contributed by atoms with Crippen molar-refractivity contribution < 1.29 is 0 Å². The molecule has 0 amide bonds. The molecule has 1 saturated heterocycles. The Morgan fingerprint density at radius 1 is 1.07 bits per heavy atom. The van der Waals surface area contributed by atoms with E-state index in [1.165, 1.54) is 25.9 Å². The van der Waals surface area contributed by atoms with E-state index in [-0.39, 0.29) is 0 Å². The van der Waals surface area contributed by atoms with Gasteiger partial charge in [0.2, 0.25) is 0 Å². The summed E-state index contributed by atoms with van der Waals surface area (Å²) in [5.41, 5.74) is 0. The van der Waals surface area contributed by atoms with Gasteiger partial charge in [0.05, 0.1) is 0 Å². The lowest BCUT2D eigenvalue weighted by molar-refractivity contribution is 0.180. The molecule has 2 saturated carbocycles. The highest BCUT2D eigenvalue weighted by Crippen LogP contribution is 2.45. The van der Waals surface area contributed by atoms with Crippen molar-refractivity contribution in [3.8, 4) is 0 Å². The Hall–Kier alpha value is -0.0400. The zero-order valence-corrected chi connectivity index (χ0v) is 10.1. The highest BCUT2D eigenvalue weighted by Gasteiger charge is 2.35. The Morgan fingerprint density at radius 2 is 1.87 bits per heavy atom. The third-order valence-electron chi connectivity index (χ3n) is 5.18. The standard InChI is InChI=1S/C14H25N/c1-11(15-7-8-15)9-12-5-6-13-3-2-4-14(13)10-12/h11-14H,2-10H2,1H3. The predicted molar refractivity (Wildman–Crippen MR) is 63.8 cm³/mol. The highest BCUT2D eigenvalue weighted by atomic mass is 15.3. The lowest BCUT2D eigenvalue weighted by atomic mass is 9.74. The molecule has 0 spiro atoms. The molecule has 4 unspecified atom stereocenters. The number of hydrogen-bond donors (Lipinski definition) is 0. The van der Waals surface area contributed by atoms with Crippen molar-refractivity contribution in [2.75, 3.05) is 13.1 Å². The fourth-order valence-corrected chi connectivity index (χ4v) is 4.14. The van der Waals surface area contributed by atoms with E-state index in [2.05, 4.69) is 11.8 Å². The van der Waals surface area contributed by atoms with Crippen LogP contribution in [0.4, 0.5) is 0 Å².